The number of nitrogens with zero attached hydrogens (tertiary/aromatic N) is 1. The molecule has 0 aromatic heterocycles. The van der Waals surface area contributed by atoms with Gasteiger partial charge in [0.25, 0.3) is 5.91 Å². The van der Waals surface area contributed by atoms with E-state index in [9.17, 15) is 18.6 Å². The molecule has 20 heavy (non-hydrogen) atoms. The van der Waals surface area contributed by atoms with Crippen molar-refractivity contribution in [2.45, 2.75) is 6.92 Å². The van der Waals surface area contributed by atoms with E-state index in [1.165, 1.54) is 7.05 Å². The largest absolute Gasteiger partial charge is 0.465 e. The van der Waals surface area contributed by atoms with Gasteiger partial charge < -0.3 is 14.4 Å². The Morgan fingerprint density at radius 3 is 2.55 bits per heavy atom. The molecule has 0 saturated carbocycles. The van der Waals surface area contributed by atoms with E-state index < -0.39 is 27.7 Å². The van der Waals surface area contributed by atoms with Crippen LogP contribution in [-0.4, -0.2) is 47.7 Å². The van der Waals surface area contributed by atoms with E-state index in [1.54, 1.807) is 6.92 Å². The molecule has 2 rings (SSSR count). The third-order valence-corrected chi connectivity index (χ3v) is 5.55. The van der Waals surface area contributed by atoms with Gasteiger partial charge in [0.05, 0.1) is 24.3 Å². The number of likely N-dealkylation sites (N-methyl/N-ethyl adjacent to an activating group) is 1. The summed E-state index contributed by atoms with van der Waals surface area (Å²) in [6.45, 7) is 1.73. The van der Waals surface area contributed by atoms with Crippen molar-refractivity contribution < 1.29 is 28.1 Å². The summed E-state index contributed by atoms with van der Waals surface area (Å²) in [5.41, 5.74) is -0.0326. The van der Waals surface area contributed by atoms with Crippen molar-refractivity contribution in [2.24, 2.45) is 0 Å². The molecule has 1 unspecified atom stereocenters. The van der Waals surface area contributed by atoms with Crippen LogP contribution in [0.4, 0.5) is 0 Å². The third kappa shape index (κ3) is 2.06. The van der Waals surface area contributed by atoms with Crippen molar-refractivity contribution in [3.05, 3.63) is 21.1 Å². The van der Waals surface area contributed by atoms with E-state index in [4.69, 9.17) is 4.74 Å². The number of ether oxygens (including phenoxy) is 2. The summed E-state index contributed by atoms with van der Waals surface area (Å²) in [6, 6.07) is 0. The molecule has 2 heterocycles. The quantitative estimate of drug-likeness (QED) is 0.413. The second kappa shape index (κ2) is 5.41. The summed E-state index contributed by atoms with van der Waals surface area (Å²) in [7, 11) is 1.61. The molecule has 7 nitrogen and oxygen atoms in total. The molecule has 0 spiro atoms. The van der Waals surface area contributed by atoms with Gasteiger partial charge in [-0.3, -0.25) is 4.79 Å². The van der Waals surface area contributed by atoms with E-state index in [0.717, 1.165) is 22.8 Å². The Bertz CT molecular complexity index is 606. The number of methoxy groups -OCH3 is 1. The van der Waals surface area contributed by atoms with Crippen LogP contribution in [0.2, 0.25) is 0 Å². The average molecular weight is 317 g/mol. The number of esters is 2. The van der Waals surface area contributed by atoms with Crippen molar-refractivity contribution in [3.63, 3.8) is 0 Å². The van der Waals surface area contributed by atoms with Gasteiger partial charge in [0.1, 0.15) is 15.4 Å². The molecular weight excluding hydrogens is 306 g/mol. The van der Waals surface area contributed by atoms with Crippen LogP contribution in [0, 0.1) is 0 Å². The maximum atomic E-state index is 12.1. The highest BCUT2D eigenvalue weighted by Gasteiger charge is 2.47. The van der Waals surface area contributed by atoms with E-state index in [0.29, 0.717) is 0 Å². The Hall–Kier alpha value is -1.61. The molecule has 0 radical (unpaired) electrons. The van der Waals surface area contributed by atoms with E-state index in [2.05, 4.69) is 4.74 Å². The third-order valence-electron chi connectivity index (χ3n) is 2.69. The molecule has 9 heteroatoms. The number of rotatable bonds is 3. The summed E-state index contributed by atoms with van der Waals surface area (Å²) in [5.74, 6) is -2.16. The number of hydrogen-bond acceptors (Lipinski definition) is 7. The SMILES string of the molecule is CCOC(=O)C1=C2SS(=O)C(C(=O)OC)=C2N(C)C1=O. The summed E-state index contributed by atoms with van der Waals surface area (Å²) >= 11 is 0. The van der Waals surface area contributed by atoms with Gasteiger partial charge >= 0.3 is 11.9 Å². The van der Waals surface area contributed by atoms with Crippen molar-refractivity contribution in [3.8, 4) is 0 Å². The lowest BCUT2D eigenvalue weighted by molar-refractivity contribution is -0.141. The Morgan fingerprint density at radius 1 is 1.35 bits per heavy atom. The molecule has 2 aliphatic rings. The Kier molecular flexibility index (Phi) is 4.00. The molecule has 0 N–H and O–H groups in total. The van der Waals surface area contributed by atoms with E-state index >= 15 is 0 Å². The van der Waals surface area contributed by atoms with Crippen molar-refractivity contribution in [1.82, 2.24) is 4.90 Å². The number of carbonyl (C=O) groups is 3. The molecule has 0 saturated heterocycles. The predicted octanol–water partition coefficient (Wildman–Crippen LogP) is 0.0707. The zero-order chi connectivity index (χ0) is 15.0. The number of hydrogen-bond donors (Lipinski definition) is 0. The first kappa shape index (κ1) is 14.8. The molecule has 0 aliphatic carbocycles. The summed E-state index contributed by atoms with van der Waals surface area (Å²) in [4.78, 5) is 36.7. The molecule has 0 aromatic carbocycles. The maximum absolute atomic E-state index is 12.1. The van der Waals surface area contributed by atoms with Gasteiger partial charge in [-0.05, 0) is 17.7 Å². The number of fused-ring (bicyclic) bond motifs is 1. The Labute approximate surface area is 120 Å². The van der Waals surface area contributed by atoms with Gasteiger partial charge in [-0.1, -0.05) is 0 Å². The molecule has 0 aromatic rings. The van der Waals surface area contributed by atoms with Crippen LogP contribution < -0.4 is 0 Å². The molecule has 108 valence electrons. The van der Waals surface area contributed by atoms with Gasteiger partial charge in [-0.2, -0.15) is 0 Å². The van der Waals surface area contributed by atoms with Crippen LogP contribution in [-0.2, 0) is 33.7 Å². The minimum atomic E-state index is -1.71. The maximum Gasteiger partial charge on any atom is 0.350 e. The summed E-state index contributed by atoms with van der Waals surface area (Å²) in [6.07, 6.45) is 0. The fraction of sp³-hybridized carbons (Fsp3) is 0.364. The predicted molar refractivity (Wildman–Crippen MR) is 71.2 cm³/mol. The van der Waals surface area contributed by atoms with Gasteiger partial charge in [-0.25, -0.2) is 13.8 Å². The van der Waals surface area contributed by atoms with E-state index in [-0.39, 0.29) is 27.7 Å². The van der Waals surface area contributed by atoms with Crippen LogP contribution in [0.25, 0.3) is 0 Å². The summed E-state index contributed by atoms with van der Waals surface area (Å²) < 4.78 is 21.3. The lowest BCUT2D eigenvalue weighted by Crippen LogP contribution is -2.26. The first-order chi connectivity index (χ1) is 9.43. The second-order valence-electron chi connectivity index (χ2n) is 3.78. The molecule has 1 amide bonds. The van der Waals surface area contributed by atoms with Crippen LogP contribution in [0.5, 0.6) is 0 Å². The molecule has 1 atom stereocenters. The molecule has 0 bridgehead atoms. The smallest absolute Gasteiger partial charge is 0.350 e. The van der Waals surface area contributed by atoms with E-state index in [1.807, 2.05) is 0 Å². The van der Waals surface area contributed by atoms with Crippen LogP contribution in [0.3, 0.4) is 0 Å². The zero-order valence-corrected chi connectivity index (χ0v) is 12.6. The Morgan fingerprint density at radius 2 is 2.00 bits per heavy atom. The normalized spacial score (nSPS) is 21.4. The second-order valence-corrected chi connectivity index (χ2v) is 6.64. The Balaban J connectivity index is 2.59. The lowest BCUT2D eigenvalue weighted by atomic mass is 10.2. The van der Waals surface area contributed by atoms with Crippen molar-refractivity contribution in [1.29, 1.82) is 0 Å². The zero-order valence-electron chi connectivity index (χ0n) is 10.9. The number of carbonyl (C=O) groups excluding carboxylic acids is 3. The average Bonchev–Trinajstić information content (AvgIpc) is 2.84. The van der Waals surface area contributed by atoms with Crippen LogP contribution in [0.1, 0.15) is 6.92 Å². The number of amides is 1. The first-order valence-electron chi connectivity index (χ1n) is 5.56. The van der Waals surface area contributed by atoms with Crippen LogP contribution in [0.15, 0.2) is 21.1 Å². The minimum absolute atomic E-state index is 0.114. The van der Waals surface area contributed by atoms with Crippen molar-refractivity contribution >= 4 is 38.5 Å². The minimum Gasteiger partial charge on any atom is -0.465 e. The molecule has 2 aliphatic heterocycles. The van der Waals surface area contributed by atoms with Gasteiger partial charge in [-0.15, -0.1) is 0 Å². The first-order valence-corrected chi connectivity index (χ1v) is 8.04. The van der Waals surface area contributed by atoms with Crippen molar-refractivity contribution in [2.75, 3.05) is 20.8 Å². The fourth-order valence-electron chi connectivity index (χ4n) is 1.81. The highest BCUT2D eigenvalue weighted by Crippen LogP contribution is 2.48. The van der Waals surface area contributed by atoms with Gasteiger partial charge in [0, 0.05) is 7.05 Å². The summed E-state index contributed by atoms with van der Waals surface area (Å²) in [5, 5.41) is 0. The van der Waals surface area contributed by atoms with Crippen LogP contribution >= 0.6 is 10.8 Å². The van der Waals surface area contributed by atoms with Gasteiger partial charge in [0.2, 0.25) is 0 Å². The fourth-order valence-corrected chi connectivity index (χ4v) is 4.93. The highest BCUT2D eigenvalue weighted by atomic mass is 33.1. The topological polar surface area (TPSA) is 90.0 Å². The highest BCUT2D eigenvalue weighted by molar-refractivity contribution is 8.73. The lowest BCUT2D eigenvalue weighted by Gasteiger charge is -2.11. The molecule has 0 fully saturated rings. The standard InChI is InChI=1S/C11H11NO6S2/c1-4-18-10(14)5-7-6(12(2)9(5)13)8(11(15)17-3)20(16)19-7/h4H2,1-3H3. The van der Waals surface area contributed by atoms with Gasteiger partial charge in [0.15, 0.2) is 4.91 Å². The monoisotopic (exact) mass is 317 g/mol. The molecular formula is C11H11NO6S2.